The molecule has 6 nitrogen and oxygen atoms in total. The van der Waals surface area contributed by atoms with E-state index in [2.05, 4.69) is 4.98 Å². The molecule has 0 aliphatic rings. The lowest BCUT2D eigenvalue weighted by Gasteiger charge is -2.19. The van der Waals surface area contributed by atoms with E-state index >= 15 is 0 Å². The Labute approximate surface area is 111 Å². The van der Waals surface area contributed by atoms with Gasteiger partial charge in [0.25, 0.3) is 0 Å². The Hall–Kier alpha value is -2.50. The number of anilines is 2. The van der Waals surface area contributed by atoms with Gasteiger partial charge in [-0.25, -0.2) is 9.78 Å². The third kappa shape index (κ3) is 2.67. The molecule has 1 aromatic carbocycles. The SMILES string of the molecule is CN(Cc1nccn1C)c1ccc(N)c(C(=O)O)c1. The summed E-state index contributed by atoms with van der Waals surface area (Å²) in [6.07, 6.45) is 3.60. The average molecular weight is 260 g/mol. The molecule has 19 heavy (non-hydrogen) atoms. The molecule has 0 atom stereocenters. The van der Waals surface area contributed by atoms with Gasteiger partial charge in [-0.3, -0.25) is 0 Å². The number of hydrogen-bond acceptors (Lipinski definition) is 4. The Kier molecular flexibility index (Phi) is 3.41. The maximum atomic E-state index is 11.1. The molecule has 0 unspecified atom stereocenters. The number of nitrogens with two attached hydrogens (primary N) is 1. The first-order chi connectivity index (χ1) is 8.99. The van der Waals surface area contributed by atoms with Crippen LogP contribution in [0.2, 0.25) is 0 Å². The molecule has 100 valence electrons. The second-order valence-corrected chi connectivity index (χ2v) is 4.39. The zero-order chi connectivity index (χ0) is 14.0. The summed E-state index contributed by atoms with van der Waals surface area (Å²) in [6.45, 7) is 0.590. The summed E-state index contributed by atoms with van der Waals surface area (Å²) in [5, 5.41) is 9.06. The lowest BCUT2D eigenvalue weighted by molar-refractivity contribution is 0.0698. The quantitative estimate of drug-likeness (QED) is 0.810. The molecule has 1 aromatic heterocycles. The minimum atomic E-state index is -1.02. The lowest BCUT2D eigenvalue weighted by Crippen LogP contribution is -2.19. The molecular weight excluding hydrogens is 244 g/mol. The number of carbonyl (C=O) groups is 1. The van der Waals surface area contributed by atoms with E-state index in [1.54, 1.807) is 24.4 Å². The highest BCUT2D eigenvalue weighted by molar-refractivity contribution is 5.94. The topological polar surface area (TPSA) is 84.4 Å². The zero-order valence-corrected chi connectivity index (χ0v) is 10.9. The van der Waals surface area contributed by atoms with Crippen LogP contribution in [-0.4, -0.2) is 27.7 Å². The van der Waals surface area contributed by atoms with Crippen LogP contribution in [0.5, 0.6) is 0 Å². The summed E-state index contributed by atoms with van der Waals surface area (Å²) in [6, 6.07) is 4.97. The number of nitrogen functional groups attached to an aromatic ring is 1. The molecule has 0 bridgehead atoms. The van der Waals surface area contributed by atoms with Gasteiger partial charge in [0.2, 0.25) is 0 Å². The van der Waals surface area contributed by atoms with Gasteiger partial charge in [-0.05, 0) is 18.2 Å². The monoisotopic (exact) mass is 260 g/mol. The molecule has 0 aliphatic heterocycles. The van der Waals surface area contributed by atoms with Gasteiger partial charge in [-0.2, -0.15) is 0 Å². The van der Waals surface area contributed by atoms with Crippen LogP contribution in [0.25, 0.3) is 0 Å². The predicted octanol–water partition coefficient (Wildman–Crippen LogP) is 1.34. The zero-order valence-electron chi connectivity index (χ0n) is 10.9. The Morgan fingerprint density at radius 2 is 2.26 bits per heavy atom. The van der Waals surface area contributed by atoms with Crippen LogP contribution in [0.15, 0.2) is 30.6 Å². The molecule has 0 aliphatic carbocycles. The van der Waals surface area contributed by atoms with Gasteiger partial charge >= 0.3 is 5.97 Å². The molecule has 0 fully saturated rings. The smallest absolute Gasteiger partial charge is 0.337 e. The van der Waals surface area contributed by atoms with Crippen molar-refractivity contribution < 1.29 is 9.90 Å². The van der Waals surface area contributed by atoms with E-state index in [0.717, 1.165) is 11.5 Å². The Morgan fingerprint density at radius 1 is 1.53 bits per heavy atom. The number of aromatic nitrogens is 2. The van der Waals surface area contributed by atoms with Gasteiger partial charge in [0, 0.05) is 37.9 Å². The number of aryl methyl sites for hydroxylation is 1. The summed E-state index contributed by atoms with van der Waals surface area (Å²) < 4.78 is 1.92. The minimum Gasteiger partial charge on any atom is -0.478 e. The van der Waals surface area contributed by atoms with Crippen LogP contribution >= 0.6 is 0 Å². The summed E-state index contributed by atoms with van der Waals surface area (Å²) in [5.41, 5.74) is 6.80. The first-order valence-corrected chi connectivity index (χ1v) is 5.79. The van der Waals surface area contributed by atoms with Crippen molar-refractivity contribution >= 4 is 17.3 Å². The number of aromatic carboxylic acids is 1. The maximum absolute atomic E-state index is 11.1. The number of nitrogens with zero attached hydrogens (tertiary/aromatic N) is 3. The third-order valence-corrected chi connectivity index (χ3v) is 3.01. The van der Waals surface area contributed by atoms with Crippen molar-refractivity contribution in [2.75, 3.05) is 17.7 Å². The van der Waals surface area contributed by atoms with Gasteiger partial charge in [0.15, 0.2) is 0 Å². The Morgan fingerprint density at radius 3 is 2.84 bits per heavy atom. The number of carboxylic acids is 1. The Bertz CT molecular complexity index is 606. The summed E-state index contributed by atoms with van der Waals surface area (Å²) >= 11 is 0. The van der Waals surface area contributed by atoms with Crippen LogP contribution in [0.1, 0.15) is 16.2 Å². The molecule has 6 heteroatoms. The molecule has 0 spiro atoms. The first kappa shape index (κ1) is 12.9. The number of hydrogen-bond donors (Lipinski definition) is 2. The van der Waals surface area contributed by atoms with Crippen molar-refractivity contribution in [3.8, 4) is 0 Å². The highest BCUT2D eigenvalue weighted by Crippen LogP contribution is 2.21. The number of benzene rings is 1. The van der Waals surface area contributed by atoms with E-state index in [4.69, 9.17) is 10.8 Å². The molecule has 3 N–H and O–H groups in total. The fraction of sp³-hybridized carbons (Fsp3) is 0.231. The fourth-order valence-electron chi connectivity index (χ4n) is 1.82. The van der Waals surface area contributed by atoms with Crippen LogP contribution in [0.3, 0.4) is 0 Å². The van der Waals surface area contributed by atoms with E-state index < -0.39 is 5.97 Å². The van der Waals surface area contributed by atoms with Gasteiger partial charge in [-0.15, -0.1) is 0 Å². The van der Waals surface area contributed by atoms with Crippen LogP contribution in [0.4, 0.5) is 11.4 Å². The first-order valence-electron chi connectivity index (χ1n) is 5.79. The number of carboxylic acid groups (broad SMARTS) is 1. The van der Waals surface area contributed by atoms with Crippen molar-refractivity contribution in [2.45, 2.75) is 6.54 Å². The molecule has 0 saturated heterocycles. The molecule has 0 radical (unpaired) electrons. The fourth-order valence-corrected chi connectivity index (χ4v) is 1.82. The summed E-state index contributed by atoms with van der Waals surface area (Å²) in [4.78, 5) is 17.2. The number of rotatable bonds is 4. The molecule has 0 saturated carbocycles. The summed E-state index contributed by atoms with van der Waals surface area (Å²) in [5.74, 6) is -0.124. The normalized spacial score (nSPS) is 10.4. The van der Waals surface area contributed by atoms with Crippen molar-refractivity contribution in [1.29, 1.82) is 0 Å². The highest BCUT2D eigenvalue weighted by Gasteiger charge is 2.12. The second kappa shape index (κ2) is 5.01. The standard InChI is InChI=1S/C13H16N4O2/c1-16-6-5-15-12(16)8-17(2)9-3-4-11(14)10(7-9)13(18)19/h3-7H,8,14H2,1-2H3,(H,18,19). The molecule has 2 aromatic rings. The van der Waals surface area contributed by atoms with Gasteiger partial charge in [0.1, 0.15) is 5.82 Å². The van der Waals surface area contributed by atoms with Crippen molar-refractivity contribution in [3.63, 3.8) is 0 Å². The predicted molar refractivity (Wildman–Crippen MR) is 73.1 cm³/mol. The lowest BCUT2D eigenvalue weighted by atomic mass is 10.1. The minimum absolute atomic E-state index is 0.115. The summed E-state index contributed by atoms with van der Waals surface area (Å²) in [7, 11) is 3.80. The Balaban J connectivity index is 2.24. The molecule has 2 rings (SSSR count). The second-order valence-electron chi connectivity index (χ2n) is 4.39. The highest BCUT2D eigenvalue weighted by atomic mass is 16.4. The van der Waals surface area contributed by atoms with Crippen molar-refractivity contribution in [3.05, 3.63) is 42.0 Å². The van der Waals surface area contributed by atoms with E-state index in [1.807, 2.05) is 29.8 Å². The van der Waals surface area contributed by atoms with E-state index in [9.17, 15) is 4.79 Å². The van der Waals surface area contributed by atoms with E-state index in [0.29, 0.717) is 6.54 Å². The van der Waals surface area contributed by atoms with Gasteiger partial charge in [0.05, 0.1) is 12.1 Å². The average Bonchev–Trinajstić information content (AvgIpc) is 2.75. The van der Waals surface area contributed by atoms with Crippen molar-refractivity contribution in [2.24, 2.45) is 7.05 Å². The van der Waals surface area contributed by atoms with Crippen LogP contribution in [0, 0.1) is 0 Å². The maximum Gasteiger partial charge on any atom is 0.337 e. The van der Waals surface area contributed by atoms with E-state index in [-0.39, 0.29) is 11.3 Å². The molecular formula is C13H16N4O2. The van der Waals surface area contributed by atoms with Crippen LogP contribution < -0.4 is 10.6 Å². The largest absolute Gasteiger partial charge is 0.478 e. The third-order valence-electron chi connectivity index (χ3n) is 3.01. The molecule has 1 heterocycles. The van der Waals surface area contributed by atoms with Crippen molar-refractivity contribution in [1.82, 2.24) is 9.55 Å². The van der Waals surface area contributed by atoms with Gasteiger partial charge < -0.3 is 20.3 Å². The molecule has 0 amide bonds. The van der Waals surface area contributed by atoms with Crippen LogP contribution in [-0.2, 0) is 13.6 Å². The van der Waals surface area contributed by atoms with E-state index in [1.165, 1.54) is 0 Å². The number of imidazole rings is 1. The van der Waals surface area contributed by atoms with Gasteiger partial charge in [-0.1, -0.05) is 0 Å².